The molecule has 0 amide bonds. The molecule has 0 saturated carbocycles. The maximum Gasteiger partial charge on any atom is 0.230 e. The molecule has 1 fully saturated rings. The highest BCUT2D eigenvalue weighted by Crippen LogP contribution is 2.24. The molecule has 5 heteroatoms. The Morgan fingerprint density at radius 1 is 1.26 bits per heavy atom. The van der Waals surface area contributed by atoms with Gasteiger partial charge in [0.15, 0.2) is 0 Å². The molecular formula is C14H25N3O2. The highest BCUT2D eigenvalue weighted by Gasteiger charge is 2.26. The summed E-state index contributed by atoms with van der Waals surface area (Å²) in [7, 11) is 0. The smallest absolute Gasteiger partial charge is 0.230 e. The highest BCUT2D eigenvalue weighted by molar-refractivity contribution is 4.96. The number of aromatic nitrogens is 2. The van der Waals surface area contributed by atoms with Gasteiger partial charge in [0.2, 0.25) is 11.8 Å². The van der Waals surface area contributed by atoms with E-state index < -0.39 is 5.60 Å². The molecule has 19 heavy (non-hydrogen) atoms. The Bertz CT molecular complexity index is 421. The minimum Gasteiger partial charge on any atom is -0.423 e. The molecule has 1 aliphatic heterocycles. The molecule has 108 valence electrons. The van der Waals surface area contributed by atoms with Crippen molar-refractivity contribution in [2.24, 2.45) is 0 Å². The lowest BCUT2D eigenvalue weighted by Gasteiger charge is -2.21. The van der Waals surface area contributed by atoms with Crippen molar-refractivity contribution in [2.45, 2.75) is 64.5 Å². The van der Waals surface area contributed by atoms with Gasteiger partial charge in [0.25, 0.3) is 0 Å². The van der Waals surface area contributed by atoms with E-state index in [1.54, 1.807) is 0 Å². The van der Waals surface area contributed by atoms with Crippen LogP contribution in [0.4, 0.5) is 0 Å². The van der Waals surface area contributed by atoms with Crippen LogP contribution in [-0.4, -0.2) is 38.9 Å². The van der Waals surface area contributed by atoms with Crippen LogP contribution in [0.2, 0.25) is 0 Å². The van der Waals surface area contributed by atoms with Crippen LogP contribution >= 0.6 is 0 Å². The third-order valence-corrected chi connectivity index (χ3v) is 3.62. The number of likely N-dealkylation sites (tertiary alicyclic amines) is 1. The van der Waals surface area contributed by atoms with Gasteiger partial charge in [-0.05, 0) is 32.7 Å². The SMILES string of the molecule is CC1(O)CCCN(Cc2nnc(C(C)(C)C)o2)CC1. The molecule has 0 radical (unpaired) electrons. The van der Waals surface area contributed by atoms with E-state index in [0.29, 0.717) is 18.3 Å². The standard InChI is InChI=1S/C14H25N3O2/c1-13(2,3)12-16-15-11(19-12)10-17-8-5-6-14(4,18)7-9-17/h18H,5-10H2,1-4H3. The van der Waals surface area contributed by atoms with E-state index in [1.165, 1.54) is 0 Å². The summed E-state index contributed by atoms with van der Waals surface area (Å²) in [6.45, 7) is 10.6. The molecule has 5 nitrogen and oxygen atoms in total. The largest absolute Gasteiger partial charge is 0.423 e. The third-order valence-electron chi connectivity index (χ3n) is 3.62. The fourth-order valence-electron chi connectivity index (χ4n) is 2.29. The van der Waals surface area contributed by atoms with Gasteiger partial charge < -0.3 is 9.52 Å². The summed E-state index contributed by atoms with van der Waals surface area (Å²) in [6.07, 6.45) is 2.67. The highest BCUT2D eigenvalue weighted by atomic mass is 16.4. The molecule has 1 saturated heterocycles. The molecule has 1 aromatic rings. The van der Waals surface area contributed by atoms with Crippen molar-refractivity contribution in [1.29, 1.82) is 0 Å². The third kappa shape index (κ3) is 4.01. The van der Waals surface area contributed by atoms with E-state index >= 15 is 0 Å². The second-order valence-corrected chi connectivity index (χ2v) is 6.88. The number of nitrogens with zero attached hydrogens (tertiary/aromatic N) is 3. The van der Waals surface area contributed by atoms with Crippen LogP contribution in [0, 0.1) is 0 Å². The van der Waals surface area contributed by atoms with Crippen molar-refractivity contribution in [3.8, 4) is 0 Å². The molecular weight excluding hydrogens is 242 g/mol. The van der Waals surface area contributed by atoms with E-state index in [1.807, 2.05) is 6.92 Å². The summed E-state index contributed by atoms with van der Waals surface area (Å²) in [5.74, 6) is 1.36. The van der Waals surface area contributed by atoms with Crippen LogP contribution in [0.1, 0.15) is 58.7 Å². The van der Waals surface area contributed by atoms with Gasteiger partial charge in [-0.15, -0.1) is 10.2 Å². The fraction of sp³-hybridized carbons (Fsp3) is 0.857. The van der Waals surface area contributed by atoms with Gasteiger partial charge in [0.05, 0.1) is 12.1 Å². The van der Waals surface area contributed by atoms with Crippen LogP contribution in [0.25, 0.3) is 0 Å². The summed E-state index contributed by atoms with van der Waals surface area (Å²) < 4.78 is 5.72. The lowest BCUT2D eigenvalue weighted by Crippen LogP contribution is -2.28. The van der Waals surface area contributed by atoms with Crippen molar-refractivity contribution in [1.82, 2.24) is 15.1 Å². The first kappa shape index (κ1) is 14.5. The molecule has 0 aromatic carbocycles. The van der Waals surface area contributed by atoms with Crippen molar-refractivity contribution in [3.05, 3.63) is 11.8 Å². The average molecular weight is 267 g/mol. The maximum absolute atomic E-state index is 10.1. The quantitative estimate of drug-likeness (QED) is 0.889. The first-order valence-corrected chi connectivity index (χ1v) is 7.04. The molecule has 1 atom stereocenters. The predicted octanol–water partition coefficient (Wildman–Crippen LogP) is 2.10. The zero-order chi connectivity index (χ0) is 14.1. The topological polar surface area (TPSA) is 62.4 Å². The Hall–Kier alpha value is -0.940. The molecule has 1 aliphatic rings. The van der Waals surface area contributed by atoms with Gasteiger partial charge in [-0.2, -0.15) is 0 Å². The van der Waals surface area contributed by atoms with Crippen LogP contribution in [-0.2, 0) is 12.0 Å². The lowest BCUT2D eigenvalue weighted by molar-refractivity contribution is 0.0441. The summed E-state index contributed by atoms with van der Waals surface area (Å²) >= 11 is 0. The zero-order valence-electron chi connectivity index (χ0n) is 12.4. The molecule has 1 unspecified atom stereocenters. The molecule has 2 heterocycles. The molecule has 0 aliphatic carbocycles. The Morgan fingerprint density at radius 2 is 2.00 bits per heavy atom. The van der Waals surface area contributed by atoms with Gasteiger partial charge in [-0.1, -0.05) is 20.8 Å². The van der Waals surface area contributed by atoms with Gasteiger partial charge >= 0.3 is 0 Å². The van der Waals surface area contributed by atoms with Gasteiger partial charge in [0.1, 0.15) is 0 Å². The number of hydrogen-bond acceptors (Lipinski definition) is 5. The number of hydrogen-bond donors (Lipinski definition) is 1. The summed E-state index contributed by atoms with van der Waals surface area (Å²) in [5.41, 5.74) is -0.631. The first-order valence-electron chi connectivity index (χ1n) is 7.04. The van der Waals surface area contributed by atoms with Crippen LogP contribution < -0.4 is 0 Å². The summed E-state index contributed by atoms with van der Waals surface area (Å²) in [6, 6.07) is 0. The van der Waals surface area contributed by atoms with Crippen molar-refractivity contribution in [3.63, 3.8) is 0 Å². The molecule has 0 spiro atoms. The zero-order valence-corrected chi connectivity index (χ0v) is 12.4. The Labute approximate surface area is 115 Å². The van der Waals surface area contributed by atoms with Crippen LogP contribution in [0.5, 0.6) is 0 Å². The van der Waals surface area contributed by atoms with Crippen molar-refractivity contribution >= 4 is 0 Å². The first-order chi connectivity index (χ1) is 8.76. The van der Waals surface area contributed by atoms with E-state index in [4.69, 9.17) is 4.42 Å². The number of aliphatic hydroxyl groups is 1. The van der Waals surface area contributed by atoms with E-state index in [-0.39, 0.29) is 5.41 Å². The Balaban J connectivity index is 1.96. The second kappa shape index (κ2) is 5.21. The van der Waals surface area contributed by atoms with Gasteiger partial charge in [0, 0.05) is 12.0 Å². The molecule has 1 aromatic heterocycles. The number of rotatable bonds is 2. The van der Waals surface area contributed by atoms with E-state index in [9.17, 15) is 5.11 Å². The molecule has 0 bridgehead atoms. The summed E-state index contributed by atoms with van der Waals surface area (Å²) in [4.78, 5) is 2.28. The Kier molecular flexibility index (Phi) is 3.97. The molecule has 1 N–H and O–H groups in total. The molecule has 2 rings (SSSR count). The monoisotopic (exact) mass is 267 g/mol. The minimum absolute atomic E-state index is 0.103. The van der Waals surface area contributed by atoms with Crippen molar-refractivity contribution in [2.75, 3.05) is 13.1 Å². The second-order valence-electron chi connectivity index (χ2n) is 6.88. The fourth-order valence-corrected chi connectivity index (χ4v) is 2.29. The normalized spacial score (nSPS) is 26.4. The minimum atomic E-state index is -0.528. The lowest BCUT2D eigenvalue weighted by atomic mass is 9.97. The maximum atomic E-state index is 10.1. The van der Waals surface area contributed by atoms with Crippen LogP contribution in [0.15, 0.2) is 4.42 Å². The van der Waals surface area contributed by atoms with E-state index in [2.05, 4.69) is 35.9 Å². The Morgan fingerprint density at radius 3 is 2.63 bits per heavy atom. The van der Waals surface area contributed by atoms with Crippen LogP contribution in [0.3, 0.4) is 0 Å². The summed E-state index contributed by atoms with van der Waals surface area (Å²) in [5, 5.41) is 18.3. The predicted molar refractivity (Wildman–Crippen MR) is 72.7 cm³/mol. The van der Waals surface area contributed by atoms with Gasteiger partial charge in [-0.25, -0.2) is 0 Å². The average Bonchev–Trinajstić information content (AvgIpc) is 2.67. The van der Waals surface area contributed by atoms with E-state index in [0.717, 1.165) is 32.4 Å². The van der Waals surface area contributed by atoms with Gasteiger partial charge in [-0.3, -0.25) is 4.90 Å². The van der Waals surface area contributed by atoms with Crippen molar-refractivity contribution < 1.29 is 9.52 Å².